The quantitative estimate of drug-likeness (QED) is 0.800. The minimum atomic E-state index is 0.0100. The van der Waals surface area contributed by atoms with Gasteiger partial charge in [-0.2, -0.15) is 0 Å². The Kier molecular flexibility index (Phi) is 3.16. The highest BCUT2D eigenvalue weighted by Crippen LogP contribution is 2.25. The highest BCUT2D eigenvalue weighted by molar-refractivity contribution is 9.10. The smallest absolute Gasteiger partial charge is 0.137 e. The van der Waals surface area contributed by atoms with Gasteiger partial charge >= 0.3 is 0 Å². The van der Waals surface area contributed by atoms with Crippen LogP contribution < -0.4 is 5.32 Å². The average molecular weight is 319 g/mol. The molecule has 6 heteroatoms. The summed E-state index contributed by atoms with van der Waals surface area (Å²) in [7, 11) is 0. The van der Waals surface area contributed by atoms with E-state index in [2.05, 4.69) is 36.4 Å². The van der Waals surface area contributed by atoms with Crippen molar-refractivity contribution in [3.05, 3.63) is 47.0 Å². The Morgan fingerprint density at radius 1 is 1.26 bits per heavy atom. The first-order valence-electron chi connectivity index (χ1n) is 5.81. The molecule has 0 unspecified atom stereocenters. The van der Waals surface area contributed by atoms with E-state index in [1.165, 1.54) is 0 Å². The standard InChI is InChI=1S/C13H11BrN4O/c1-8(11-4-5-19-18-11)17-13-10-6-9(14)2-3-12(10)15-7-16-13/h2-8H,1H3,(H,15,16,17)/t8-/m1/s1. The third-order valence-corrected chi connectivity index (χ3v) is 3.35. The molecule has 1 aromatic carbocycles. The Hall–Kier alpha value is -1.95. The first-order chi connectivity index (χ1) is 9.24. The van der Waals surface area contributed by atoms with E-state index in [9.17, 15) is 0 Å². The van der Waals surface area contributed by atoms with E-state index in [-0.39, 0.29) is 6.04 Å². The number of hydrogen-bond acceptors (Lipinski definition) is 5. The first kappa shape index (κ1) is 12.1. The maximum Gasteiger partial charge on any atom is 0.137 e. The largest absolute Gasteiger partial charge is 0.364 e. The van der Waals surface area contributed by atoms with Gasteiger partial charge < -0.3 is 9.84 Å². The second-order valence-electron chi connectivity index (χ2n) is 4.17. The molecule has 0 radical (unpaired) electrons. The van der Waals surface area contributed by atoms with E-state index in [0.717, 1.165) is 26.9 Å². The number of fused-ring (bicyclic) bond motifs is 1. The summed E-state index contributed by atoms with van der Waals surface area (Å²) in [4.78, 5) is 8.54. The third-order valence-electron chi connectivity index (χ3n) is 2.85. The number of hydrogen-bond donors (Lipinski definition) is 1. The number of rotatable bonds is 3. The van der Waals surface area contributed by atoms with Gasteiger partial charge in [0.25, 0.3) is 0 Å². The monoisotopic (exact) mass is 318 g/mol. The minimum absolute atomic E-state index is 0.0100. The molecule has 0 amide bonds. The molecule has 1 N–H and O–H groups in total. The number of aromatic nitrogens is 3. The van der Waals surface area contributed by atoms with Crippen molar-refractivity contribution in [2.75, 3.05) is 5.32 Å². The van der Waals surface area contributed by atoms with Crippen molar-refractivity contribution in [3.63, 3.8) is 0 Å². The summed E-state index contributed by atoms with van der Waals surface area (Å²) in [6.07, 6.45) is 3.11. The summed E-state index contributed by atoms with van der Waals surface area (Å²) in [6, 6.07) is 7.74. The fourth-order valence-corrected chi connectivity index (χ4v) is 2.23. The highest BCUT2D eigenvalue weighted by atomic mass is 79.9. The second kappa shape index (κ2) is 4.97. The van der Waals surface area contributed by atoms with Crippen LogP contribution in [0.15, 0.2) is 45.9 Å². The van der Waals surface area contributed by atoms with Gasteiger partial charge in [0.05, 0.1) is 11.6 Å². The highest BCUT2D eigenvalue weighted by Gasteiger charge is 2.11. The maximum atomic E-state index is 4.85. The zero-order valence-electron chi connectivity index (χ0n) is 10.2. The van der Waals surface area contributed by atoms with E-state index in [0.29, 0.717) is 0 Å². The van der Waals surface area contributed by atoms with Crippen molar-refractivity contribution in [1.82, 2.24) is 15.1 Å². The summed E-state index contributed by atoms with van der Waals surface area (Å²) in [5.74, 6) is 0.779. The Morgan fingerprint density at radius 3 is 2.95 bits per heavy atom. The summed E-state index contributed by atoms with van der Waals surface area (Å²) in [6.45, 7) is 2.00. The van der Waals surface area contributed by atoms with Gasteiger partial charge in [-0.3, -0.25) is 0 Å². The molecule has 96 valence electrons. The normalized spacial score (nSPS) is 12.5. The van der Waals surface area contributed by atoms with Gasteiger partial charge in [0.2, 0.25) is 0 Å². The van der Waals surface area contributed by atoms with E-state index < -0.39 is 0 Å². The van der Waals surface area contributed by atoms with Crippen molar-refractivity contribution in [2.24, 2.45) is 0 Å². The van der Waals surface area contributed by atoms with E-state index in [1.807, 2.05) is 31.2 Å². The van der Waals surface area contributed by atoms with Crippen LogP contribution in [0.1, 0.15) is 18.7 Å². The molecule has 3 rings (SSSR count). The number of nitrogens with one attached hydrogen (secondary N) is 1. The molecule has 0 aliphatic carbocycles. The molecular weight excluding hydrogens is 308 g/mol. The zero-order valence-corrected chi connectivity index (χ0v) is 11.8. The van der Waals surface area contributed by atoms with Crippen LogP contribution in [0.3, 0.4) is 0 Å². The molecule has 0 bridgehead atoms. The van der Waals surface area contributed by atoms with Crippen molar-refractivity contribution >= 4 is 32.7 Å². The van der Waals surface area contributed by atoms with Gasteiger partial charge in [-0.25, -0.2) is 9.97 Å². The molecule has 2 aromatic heterocycles. The van der Waals surface area contributed by atoms with Gasteiger partial charge in [-0.15, -0.1) is 0 Å². The number of benzene rings is 1. The van der Waals surface area contributed by atoms with E-state index in [4.69, 9.17) is 4.52 Å². The molecule has 0 aliphatic heterocycles. The van der Waals surface area contributed by atoms with Crippen LogP contribution in [-0.4, -0.2) is 15.1 Å². The second-order valence-corrected chi connectivity index (χ2v) is 5.09. The fraction of sp³-hybridized carbons (Fsp3) is 0.154. The average Bonchev–Trinajstić information content (AvgIpc) is 2.93. The Morgan fingerprint density at radius 2 is 2.16 bits per heavy atom. The summed E-state index contributed by atoms with van der Waals surface area (Å²) in [5.41, 5.74) is 1.73. The van der Waals surface area contributed by atoms with Crippen LogP contribution in [0, 0.1) is 0 Å². The molecule has 0 fully saturated rings. The lowest BCUT2D eigenvalue weighted by molar-refractivity contribution is 0.409. The molecule has 5 nitrogen and oxygen atoms in total. The minimum Gasteiger partial charge on any atom is -0.364 e. The van der Waals surface area contributed by atoms with Gasteiger partial charge in [-0.05, 0) is 25.1 Å². The third kappa shape index (κ3) is 2.44. The lowest BCUT2D eigenvalue weighted by atomic mass is 10.2. The lowest BCUT2D eigenvalue weighted by Gasteiger charge is -2.13. The molecular formula is C13H11BrN4O. The number of halogens is 1. The number of anilines is 1. The summed E-state index contributed by atoms with van der Waals surface area (Å²) in [5, 5.41) is 8.20. The molecule has 1 atom stereocenters. The first-order valence-corrected chi connectivity index (χ1v) is 6.60. The SMILES string of the molecule is C[C@@H](Nc1ncnc2ccc(Br)cc12)c1ccon1. The Bertz CT molecular complexity index is 699. The van der Waals surface area contributed by atoms with Crippen molar-refractivity contribution in [3.8, 4) is 0 Å². The Labute approximate surface area is 118 Å². The van der Waals surface area contributed by atoms with Crippen molar-refractivity contribution in [2.45, 2.75) is 13.0 Å². The van der Waals surface area contributed by atoms with Crippen molar-refractivity contribution < 1.29 is 4.52 Å². The summed E-state index contributed by atoms with van der Waals surface area (Å²) >= 11 is 3.46. The predicted octanol–water partition coefficient (Wildman–Crippen LogP) is 3.55. The van der Waals surface area contributed by atoms with Crippen LogP contribution in [0.25, 0.3) is 10.9 Å². The van der Waals surface area contributed by atoms with Crippen LogP contribution in [0.5, 0.6) is 0 Å². The van der Waals surface area contributed by atoms with Crippen molar-refractivity contribution in [1.29, 1.82) is 0 Å². The van der Waals surface area contributed by atoms with Gasteiger partial charge in [0.1, 0.15) is 24.1 Å². The fourth-order valence-electron chi connectivity index (χ4n) is 1.87. The van der Waals surface area contributed by atoms with E-state index >= 15 is 0 Å². The molecule has 0 aliphatic rings. The van der Waals surface area contributed by atoms with Crippen LogP contribution in [-0.2, 0) is 0 Å². The number of nitrogens with zero attached hydrogens (tertiary/aromatic N) is 3. The van der Waals surface area contributed by atoms with Gasteiger partial charge in [-0.1, -0.05) is 21.1 Å². The van der Waals surface area contributed by atoms with Crippen LogP contribution in [0.2, 0.25) is 0 Å². The zero-order chi connectivity index (χ0) is 13.2. The van der Waals surface area contributed by atoms with E-state index in [1.54, 1.807) is 12.6 Å². The maximum absolute atomic E-state index is 4.85. The van der Waals surface area contributed by atoms with Crippen LogP contribution in [0.4, 0.5) is 5.82 Å². The lowest BCUT2D eigenvalue weighted by Crippen LogP contribution is -2.08. The van der Waals surface area contributed by atoms with Gasteiger partial charge in [0.15, 0.2) is 0 Å². The van der Waals surface area contributed by atoms with Gasteiger partial charge in [0, 0.05) is 15.9 Å². The molecule has 0 saturated heterocycles. The summed E-state index contributed by atoms with van der Waals surface area (Å²) < 4.78 is 5.84. The molecule has 0 saturated carbocycles. The predicted molar refractivity (Wildman–Crippen MR) is 75.8 cm³/mol. The Balaban J connectivity index is 1.98. The molecule has 3 aromatic rings. The molecule has 19 heavy (non-hydrogen) atoms. The molecule has 0 spiro atoms. The topological polar surface area (TPSA) is 63.8 Å². The molecule has 2 heterocycles. The van der Waals surface area contributed by atoms with Crippen LogP contribution >= 0.6 is 15.9 Å².